The highest BCUT2D eigenvalue weighted by Crippen LogP contribution is 2.24. The van der Waals surface area contributed by atoms with E-state index in [4.69, 9.17) is 33.5 Å². The third kappa shape index (κ3) is 25.8. The topological polar surface area (TPSA) is 185 Å². The van der Waals surface area contributed by atoms with Gasteiger partial charge in [0.2, 0.25) is 0 Å². The summed E-state index contributed by atoms with van der Waals surface area (Å²) in [6.07, 6.45) is -0.814. The summed E-state index contributed by atoms with van der Waals surface area (Å²) in [6, 6.07) is -2.41. The van der Waals surface area contributed by atoms with E-state index in [-0.39, 0.29) is 19.4 Å². The first-order valence-corrected chi connectivity index (χ1v) is 18.6. The van der Waals surface area contributed by atoms with Gasteiger partial charge < -0.3 is 33.5 Å². The van der Waals surface area contributed by atoms with Crippen molar-refractivity contribution in [2.24, 2.45) is 0 Å². The van der Waals surface area contributed by atoms with Crippen molar-refractivity contribution in [3.63, 3.8) is 0 Å². The SMILES string of the molecule is CC(C)(C)OC(=O)[C@H](CCC=[13CH2])N(C(=O)OC(C)(C)C)C(=O)OC(C)(C)C.CC(C)(C)OC(=O)[C@H](CCC[13CH2]O)N(C(=O)OC(C)(C)C)C(=O)OC(C)(C)C. The van der Waals surface area contributed by atoms with Gasteiger partial charge in [-0.1, -0.05) is 6.08 Å². The Morgan fingerprint density at radius 2 is 0.727 bits per heavy atom. The quantitative estimate of drug-likeness (QED) is 0.0689. The predicted molar refractivity (Wildman–Crippen MR) is 208 cm³/mol. The van der Waals surface area contributed by atoms with Gasteiger partial charge in [0.15, 0.2) is 0 Å². The van der Waals surface area contributed by atoms with Gasteiger partial charge in [-0.2, -0.15) is 9.80 Å². The van der Waals surface area contributed by atoms with E-state index in [2.05, 4.69) is 6.58 Å². The van der Waals surface area contributed by atoms with Gasteiger partial charge in [-0.3, -0.25) is 0 Å². The molecule has 1 N–H and O–H groups in total. The average Bonchev–Trinajstić information content (AvgIpc) is 2.89. The summed E-state index contributed by atoms with van der Waals surface area (Å²) in [5.41, 5.74) is -5.04. The van der Waals surface area contributed by atoms with Gasteiger partial charge in [0.25, 0.3) is 0 Å². The number of unbranched alkanes of at least 4 members (excludes halogenated alkanes) is 1. The standard InChI is InChI=1S/C20H37NO7.C20H35NO6/c1-18(2,3)26-15(23)14(12-10-11-13-22)21(16(24)27-19(4,5)6)17(25)28-20(7,8)9;1-11-12-13-14(15(22)25-18(2,3)4)21(16(23)26-19(5,6)7)17(24)27-20(8,9)10/h14,22H,10-13H2,1-9H3;11,14H,1,12-13H2,2-10H3/t2*14-/m00/s1/i13+1;1+1. The molecule has 0 unspecified atom stereocenters. The Hall–Kier alpha value is -3.88. The number of allylic oxidation sites excluding steroid dienone is 1. The molecule has 0 heterocycles. The monoisotopic (exact) mass is 791 g/mol. The van der Waals surface area contributed by atoms with Crippen molar-refractivity contribution >= 4 is 36.3 Å². The van der Waals surface area contributed by atoms with E-state index < -0.39 is 82.0 Å². The zero-order valence-corrected chi connectivity index (χ0v) is 36.9. The summed E-state index contributed by atoms with van der Waals surface area (Å²) in [4.78, 5) is 77.9. The summed E-state index contributed by atoms with van der Waals surface area (Å²) in [5.74, 6) is -1.44. The second-order valence-electron chi connectivity index (χ2n) is 18.8. The number of nitrogens with zero attached hydrogens (tertiary/aromatic N) is 2. The first kappa shape index (κ1) is 53.2. The zero-order valence-electron chi connectivity index (χ0n) is 36.9. The van der Waals surface area contributed by atoms with E-state index in [1.807, 2.05) is 0 Å². The molecule has 15 nitrogen and oxygen atoms in total. The number of esters is 2. The van der Waals surface area contributed by atoms with Gasteiger partial charge in [0.1, 0.15) is 45.7 Å². The van der Waals surface area contributed by atoms with Crippen LogP contribution in [-0.2, 0) is 38.0 Å². The maximum absolute atomic E-state index is 12.8. The smallest absolute Gasteiger partial charge is 0.420 e. The van der Waals surface area contributed by atoms with Crippen molar-refractivity contribution in [1.29, 1.82) is 0 Å². The molecule has 0 aromatic heterocycles. The largest absolute Gasteiger partial charge is 0.458 e. The van der Waals surface area contributed by atoms with Crippen molar-refractivity contribution in [3.8, 4) is 0 Å². The Morgan fingerprint density at radius 3 is 0.945 bits per heavy atom. The van der Waals surface area contributed by atoms with E-state index in [1.54, 1.807) is 131 Å². The second kappa shape index (κ2) is 21.4. The Labute approximate surface area is 329 Å². The molecule has 55 heavy (non-hydrogen) atoms. The van der Waals surface area contributed by atoms with E-state index >= 15 is 0 Å². The molecular weight excluding hydrogens is 718 g/mol. The Bertz CT molecular complexity index is 1230. The number of carbonyl (C=O) groups is 6. The van der Waals surface area contributed by atoms with Crippen molar-refractivity contribution in [1.82, 2.24) is 9.80 Å². The molecule has 0 aliphatic carbocycles. The number of ether oxygens (including phenoxy) is 6. The first-order chi connectivity index (χ1) is 24.4. The maximum Gasteiger partial charge on any atom is 0.420 e. The highest BCUT2D eigenvalue weighted by molar-refractivity contribution is 5.95. The van der Waals surface area contributed by atoms with Crippen LogP contribution in [-0.4, -0.2) is 104 Å². The van der Waals surface area contributed by atoms with Gasteiger partial charge in [0, 0.05) is 6.61 Å². The Kier molecular flexibility index (Phi) is 20.7. The Morgan fingerprint density at radius 1 is 0.473 bits per heavy atom. The highest BCUT2D eigenvalue weighted by Gasteiger charge is 2.43. The number of carbonyl (C=O) groups excluding carboxylic acids is 6. The molecule has 0 aliphatic rings. The van der Waals surface area contributed by atoms with Crippen LogP contribution >= 0.6 is 0 Å². The molecule has 2 atom stereocenters. The third-order valence-corrected chi connectivity index (χ3v) is 5.87. The summed E-state index contributed by atoms with van der Waals surface area (Å²) in [7, 11) is 0. The number of rotatable bonds is 11. The van der Waals surface area contributed by atoms with Crippen LogP contribution in [0.15, 0.2) is 12.7 Å². The Balaban J connectivity index is 0. The van der Waals surface area contributed by atoms with Crippen LogP contribution < -0.4 is 0 Å². The lowest BCUT2D eigenvalue weighted by Crippen LogP contribution is -2.53. The molecule has 0 radical (unpaired) electrons. The molecule has 0 bridgehead atoms. The van der Waals surface area contributed by atoms with Gasteiger partial charge in [0.05, 0.1) is 0 Å². The maximum atomic E-state index is 12.8. The fourth-order valence-electron chi connectivity index (χ4n) is 4.07. The van der Waals surface area contributed by atoms with Crippen molar-refractivity contribution in [3.05, 3.63) is 12.7 Å². The van der Waals surface area contributed by atoms with Gasteiger partial charge in [-0.15, -0.1) is 6.58 Å². The molecule has 0 aromatic carbocycles. The van der Waals surface area contributed by atoms with E-state index in [1.165, 1.54) is 0 Å². The van der Waals surface area contributed by atoms with E-state index in [9.17, 15) is 28.8 Å². The van der Waals surface area contributed by atoms with Crippen LogP contribution in [0.5, 0.6) is 0 Å². The number of hydrogen-bond donors (Lipinski definition) is 1. The molecule has 0 aliphatic heterocycles. The van der Waals surface area contributed by atoms with Crippen molar-refractivity contribution < 1.29 is 62.3 Å². The summed E-state index contributed by atoms with van der Waals surface area (Å²) < 4.78 is 32.1. The second-order valence-corrected chi connectivity index (χ2v) is 18.8. The number of imide groups is 2. The molecule has 0 spiro atoms. The lowest BCUT2D eigenvalue weighted by Gasteiger charge is -2.33. The lowest BCUT2D eigenvalue weighted by atomic mass is 10.1. The van der Waals surface area contributed by atoms with E-state index in [0.717, 1.165) is 0 Å². The number of amides is 4. The normalized spacial score (nSPS) is 13.4. The minimum Gasteiger partial charge on any atom is -0.458 e. The minimum absolute atomic E-state index is 0.0695. The number of aliphatic hydroxyl groups excluding tert-OH is 1. The molecule has 0 saturated carbocycles. The molecule has 0 aromatic rings. The van der Waals surface area contributed by atoms with Gasteiger partial charge in [-0.05, 0) is 157 Å². The summed E-state index contributed by atoms with van der Waals surface area (Å²) in [6.45, 7) is 33.8. The van der Waals surface area contributed by atoms with E-state index in [0.29, 0.717) is 29.1 Å². The summed E-state index contributed by atoms with van der Waals surface area (Å²) >= 11 is 0. The van der Waals surface area contributed by atoms with Crippen LogP contribution in [0.3, 0.4) is 0 Å². The lowest BCUT2D eigenvalue weighted by molar-refractivity contribution is -0.162. The molecule has 0 fully saturated rings. The van der Waals surface area contributed by atoms with Gasteiger partial charge >= 0.3 is 36.3 Å². The average molecular weight is 791 g/mol. The molecule has 320 valence electrons. The predicted octanol–water partition coefficient (Wildman–Crippen LogP) is 8.87. The van der Waals surface area contributed by atoms with Crippen molar-refractivity contribution in [2.75, 3.05) is 6.61 Å². The minimum atomic E-state index is -1.23. The number of aliphatic hydroxyl groups is 1. The van der Waals surface area contributed by atoms with Crippen LogP contribution in [0.4, 0.5) is 19.2 Å². The zero-order chi connectivity index (χ0) is 44.0. The molecular formula is C40H72N2O13. The number of hydrogen-bond acceptors (Lipinski definition) is 13. The third-order valence-electron chi connectivity index (χ3n) is 5.87. The van der Waals surface area contributed by atoms with Crippen molar-refractivity contribution in [2.45, 2.75) is 202 Å². The fourth-order valence-corrected chi connectivity index (χ4v) is 4.07. The molecule has 4 amide bonds. The molecule has 0 rings (SSSR count). The molecule has 0 saturated heterocycles. The van der Waals surface area contributed by atoms with Crippen LogP contribution in [0, 0.1) is 0 Å². The first-order valence-electron chi connectivity index (χ1n) is 18.6. The van der Waals surface area contributed by atoms with Crippen LogP contribution in [0.1, 0.15) is 157 Å². The fraction of sp³-hybridized carbons (Fsp3) is 0.800. The van der Waals surface area contributed by atoms with Crippen LogP contribution in [0.2, 0.25) is 0 Å². The molecule has 15 heteroatoms. The van der Waals surface area contributed by atoms with Crippen LogP contribution in [0.25, 0.3) is 0 Å². The van der Waals surface area contributed by atoms with Gasteiger partial charge in [-0.25, -0.2) is 28.8 Å². The summed E-state index contributed by atoms with van der Waals surface area (Å²) in [5, 5.41) is 9.05. The highest BCUT2D eigenvalue weighted by atomic mass is 16.6.